The Bertz CT molecular complexity index is 1010. The second-order valence-electron chi connectivity index (χ2n) is 8.94. The third-order valence-electron chi connectivity index (χ3n) is 6.10. The van der Waals surface area contributed by atoms with Gasteiger partial charge in [-0.25, -0.2) is 8.42 Å². The lowest BCUT2D eigenvalue weighted by molar-refractivity contribution is -0.124. The summed E-state index contributed by atoms with van der Waals surface area (Å²) in [5.41, 5.74) is 0.897. The van der Waals surface area contributed by atoms with Crippen LogP contribution in [0.2, 0.25) is 0 Å². The van der Waals surface area contributed by atoms with E-state index >= 15 is 0 Å². The second kappa shape index (κ2) is 14.9. The van der Waals surface area contributed by atoms with E-state index in [1.807, 2.05) is 37.3 Å². The maximum absolute atomic E-state index is 13.5. The zero-order valence-electron chi connectivity index (χ0n) is 21.5. The van der Waals surface area contributed by atoms with Crippen molar-refractivity contribution in [2.45, 2.75) is 75.5 Å². The molecule has 2 rings (SSSR count). The maximum atomic E-state index is 13.5. The van der Waals surface area contributed by atoms with Crippen LogP contribution in [0.25, 0.3) is 0 Å². The number of aliphatic hydroxyl groups is 2. The van der Waals surface area contributed by atoms with Gasteiger partial charge in [0.05, 0.1) is 36.7 Å². The van der Waals surface area contributed by atoms with E-state index in [-0.39, 0.29) is 30.3 Å². The van der Waals surface area contributed by atoms with Gasteiger partial charge in [-0.15, -0.1) is 0 Å². The first-order valence-electron chi connectivity index (χ1n) is 12.5. The largest absolute Gasteiger partial charge is 0.497 e. The number of nitrogens with one attached hydrogen (secondary N) is 1. The minimum atomic E-state index is -3.89. The van der Waals surface area contributed by atoms with Crippen molar-refractivity contribution in [1.29, 1.82) is 0 Å². The fourth-order valence-corrected chi connectivity index (χ4v) is 5.35. The van der Waals surface area contributed by atoms with Crippen molar-refractivity contribution in [2.75, 3.05) is 20.2 Å². The lowest BCUT2D eigenvalue weighted by Gasteiger charge is -2.30. The molecule has 200 valence electrons. The number of methoxy groups -OCH3 is 1. The Morgan fingerprint density at radius 2 is 1.69 bits per heavy atom. The highest BCUT2D eigenvalue weighted by molar-refractivity contribution is 7.89. The number of ether oxygens (including phenoxy) is 1. The van der Waals surface area contributed by atoms with Gasteiger partial charge in [0, 0.05) is 13.1 Å². The molecule has 0 aromatic heterocycles. The van der Waals surface area contributed by atoms with Gasteiger partial charge in [-0.05, 0) is 49.1 Å². The Morgan fingerprint density at radius 1 is 1.03 bits per heavy atom. The number of benzene rings is 2. The summed E-state index contributed by atoms with van der Waals surface area (Å²) in [6.07, 6.45) is 1.15. The molecule has 2 aromatic rings. The summed E-state index contributed by atoms with van der Waals surface area (Å²) in [4.78, 5) is 12.7. The molecule has 9 heteroatoms. The molecule has 0 aliphatic heterocycles. The van der Waals surface area contributed by atoms with Crippen LogP contribution in [0.15, 0.2) is 59.5 Å². The maximum Gasteiger partial charge on any atom is 0.243 e. The predicted molar refractivity (Wildman–Crippen MR) is 140 cm³/mol. The van der Waals surface area contributed by atoms with E-state index in [0.717, 1.165) is 18.4 Å². The third kappa shape index (κ3) is 9.20. The molecular weight excluding hydrogens is 480 g/mol. The van der Waals surface area contributed by atoms with E-state index in [1.54, 1.807) is 19.1 Å². The first kappa shape index (κ1) is 29.8. The zero-order valence-corrected chi connectivity index (χ0v) is 22.3. The highest BCUT2D eigenvalue weighted by Crippen LogP contribution is 2.21. The highest BCUT2D eigenvalue weighted by atomic mass is 32.2. The van der Waals surface area contributed by atoms with E-state index in [9.17, 15) is 23.4 Å². The Morgan fingerprint density at radius 3 is 2.28 bits per heavy atom. The van der Waals surface area contributed by atoms with Gasteiger partial charge in [0.25, 0.3) is 0 Å². The average molecular weight is 521 g/mol. The summed E-state index contributed by atoms with van der Waals surface area (Å²) >= 11 is 0. The van der Waals surface area contributed by atoms with E-state index < -0.39 is 28.3 Å². The lowest BCUT2D eigenvalue weighted by Crippen LogP contribution is -2.51. The van der Waals surface area contributed by atoms with Crippen molar-refractivity contribution in [3.05, 3.63) is 60.2 Å². The molecule has 2 aromatic carbocycles. The van der Waals surface area contributed by atoms with Gasteiger partial charge in [-0.1, -0.05) is 57.0 Å². The minimum Gasteiger partial charge on any atom is -0.497 e. The number of aliphatic hydroxyl groups excluding tert-OH is 2. The van der Waals surface area contributed by atoms with Gasteiger partial charge in [-0.3, -0.25) is 4.79 Å². The molecule has 0 fully saturated rings. The number of carbonyl (C=O) groups excluding carboxylic acids is 1. The summed E-state index contributed by atoms with van der Waals surface area (Å²) in [6.45, 7) is 3.89. The minimum absolute atomic E-state index is 0.0845. The number of unbranched alkanes of at least 4 members (excludes halogenated alkanes) is 2. The fourth-order valence-electron chi connectivity index (χ4n) is 3.86. The van der Waals surface area contributed by atoms with Crippen LogP contribution >= 0.6 is 0 Å². The normalized spacial score (nSPS) is 14.3. The van der Waals surface area contributed by atoms with E-state index in [2.05, 4.69) is 5.32 Å². The molecule has 8 nitrogen and oxygen atoms in total. The summed E-state index contributed by atoms with van der Waals surface area (Å²) < 4.78 is 33.4. The summed E-state index contributed by atoms with van der Waals surface area (Å²) in [6, 6.07) is 14.8. The number of nitrogens with zero attached hydrogens (tertiary/aromatic N) is 1. The number of sulfonamides is 1. The molecule has 0 bridgehead atoms. The van der Waals surface area contributed by atoms with Crippen molar-refractivity contribution in [3.63, 3.8) is 0 Å². The van der Waals surface area contributed by atoms with Crippen molar-refractivity contribution in [3.8, 4) is 5.75 Å². The van der Waals surface area contributed by atoms with E-state index in [0.29, 0.717) is 25.0 Å². The Hall–Kier alpha value is -2.46. The molecule has 3 atom stereocenters. The van der Waals surface area contributed by atoms with Crippen molar-refractivity contribution in [1.82, 2.24) is 9.62 Å². The molecule has 0 unspecified atom stereocenters. The van der Waals surface area contributed by atoms with Crippen LogP contribution < -0.4 is 10.1 Å². The van der Waals surface area contributed by atoms with Crippen LogP contribution in [0.3, 0.4) is 0 Å². The van der Waals surface area contributed by atoms with Gasteiger partial charge in [0.15, 0.2) is 0 Å². The standard InChI is InChI=1S/C27H40N2O6S/c1-4-6-10-17-29(36(33,34)24-15-13-23(35-3)14-16-24)20-26(31)25(18-21-11-8-7-9-12-21)28-27(32)19-22(30)5-2/h7-9,11-16,22,25-26,30-31H,4-6,10,17-20H2,1-3H3,(H,28,32)/t22-,25+,26-/m1/s1. The van der Waals surface area contributed by atoms with Crippen LogP contribution in [-0.2, 0) is 21.2 Å². The molecule has 3 N–H and O–H groups in total. The quantitative estimate of drug-likeness (QED) is 0.293. The van der Waals surface area contributed by atoms with Crippen molar-refractivity contribution < 1.29 is 28.2 Å². The molecule has 0 spiro atoms. The Labute approximate surface area is 215 Å². The molecule has 36 heavy (non-hydrogen) atoms. The lowest BCUT2D eigenvalue weighted by atomic mass is 10.0. The first-order valence-corrected chi connectivity index (χ1v) is 14.0. The Balaban J connectivity index is 2.28. The summed E-state index contributed by atoms with van der Waals surface area (Å²) in [7, 11) is -2.38. The SMILES string of the molecule is CCCCCN(C[C@@H](O)[C@H](Cc1ccccc1)NC(=O)C[C@H](O)CC)S(=O)(=O)c1ccc(OC)cc1. The van der Waals surface area contributed by atoms with Crippen LogP contribution in [0, 0.1) is 0 Å². The van der Waals surface area contributed by atoms with Gasteiger partial charge in [-0.2, -0.15) is 4.31 Å². The smallest absolute Gasteiger partial charge is 0.243 e. The van der Waals surface area contributed by atoms with Crippen LogP contribution in [-0.4, -0.2) is 67.3 Å². The molecular formula is C27H40N2O6S. The van der Waals surface area contributed by atoms with Gasteiger partial charge < -0.3 is 20.3 Å². The molecule has 0 aliphatic carbocycles. The third-order valence-corrected chi connectivity index (χ3v) is 7.98. The van der Waals surface area contributed by atoms with Gasteiger partial charge in [0.2, 0.25) is 15.9 Å². The van der Waals surface area contributed by atoms with Crippen LogP contribution in [0.5, 0.6) is 5.75 Å². The number of hydrogen-bond donors (Lipinski definition) is 3. The summed E-state index contributed by atoms with van der Waals surface area (Å²) in [5, 5.41) is 23.9. The van der Waals surface area contributed by atoms with Gasteiger partial charge >= 0.3 is 0 Å². The molecule has 1 amide bonds. The Kier molecular flexibility index (Phi) is 12.4. The highest BCUT2D eigenvalue weighted by Gasteiger charge is 2.31. The zero-order chi connectivity index (χ0) is 26.6. The van der Waals surface area contributed by atoms with Crippen LogP contribution in [0.1, 0.15) is 51.5 Å². The molecule has 0 aliphatic rings. The topological polar surface area (TPSA) is 116 Å². The van der Waals surface area contributed by atoms with E-state index in [4.69, 9.17) is 4.74 Å². The molecule has 0 heterocycles. The number of rotatable bonds is 16. The first-order chi connectivity index (χ1) is 17.2. The monoisotopic (exact) mass is 520 g/mol. The molecule has 0 saturated heterocycles. The molecule has 0 saturated carbocycles. The average Bonchev–Trinajstić information content (AvgIpc) is 2.88. The number of hydrogen-bond acceptors (Lipinski definition) is 6. The van der Waals surface area contributed by atoms with Crippen LogP contribution in [0.4, 0.5) is 0 Å². The van der Waals surface area contributed by atoms with Crippen molar-refractivity contribution in [2.24, 2.45) is 0 Å². The van der Waals surface area contributed by atoms with Crippen molar-refractivity contribution >= 4 is 15.9 Å². The number of amides is 1. The number of carbonyl (C=O) groups is 1. The van der Waals surface area contributed by atoms with E-state index in [1.165, 1.54) is 23.5 Å². The van der Waals surface area contributed by atoms with Gasteiger partial charge in [0.1, 0.15) is 5.75 Å². The molecule has 0 radical (unpaired) electrons. The summed E-state index contributed by atoms with van der Waals surface area (Å²) in [5.74, 6) is 0.159. The second-order valence-corrected chi connectivity index (χ2v) is 10.9. The fraction of sp³-hybridized carbons (Fsp3) is 0.519. The predicted octanol–water partition coefficient (Wildman–Crippen LogP) is 3.13.